The van der Waals surface area contributed by atoms with Gasteiger partial charge >= 0.3 is 0 Å². The average molecular weight is 194 g/mol. The summed E-state index contributed by atoms with van der Waals surface area (Å²) in [6, 6.07) is 1.64. The van der Waals surface area contributed by atoms with Crippen LogP contribution in [-0.2, 0) is 0 Å². The van der Waals surface area contributed by atoms with Crippen molar-refractivity contribution < 1.29 is 0 Å². The Labute approximate surface area is 86.8 Å². The molecule has 14 heavy (non-hydrogen) atoms. The Morgan fingerprint density at radius 2 is 2.07 bits per heavy atom. The van der Waals surface area contributed by atoms with E-state index in [2.05, 4.69) is 4.90 Å². The molecule has 2 N–H and O–H groups in total. The van der Waals surface area contributed by atoms with E-state index in [1.54, 1.807) is 0 Å². The second kappa shape index (κ2) is 3.49. The normalized spacial score (nSPS) is 47.8. The summed E-state index contributed by atoms with van der Waals surface area (Å²) in [5.41, 5.74) is 5.85. The fourth-order valence-electron chi connectivity index (χ4n) is 3.84. The van der Waals surface area contributed by atoms with Crippen LogP contribution in [0.3, 0.4) is 0 Å². The van der Waals surface area contributed by atoms with Crippen molar-refractivity contribution in [2.75, 3.05) is 13.1 Å². The molecular weight excluding hydrogens is 172 g/mol. The van der Waals surface area contributed by atoms with Crippen molar-refractivity contribution in [1.29, 1.82) is 0 Å². The van der Waals surface area contributed by atoms with Gasteiger partial charge in [-0.3, -0.25) is 4.90 Å². The van der Waals surface area contributed by atoms with E-state index >= 15 is 0 Å². The first-order chi connectivity index (χ1) is 6.90. The van der Waals surface area contributed by atoms with Crippen LogP contribution in [0.2, 0.25) is 0 Å². The fraction of sp³-hybridized carbons (Fsp3) is 1.00. The molecule has 2 heteroatoms. The van der Waals surface area contributed by atoms with Crippen molar-refractivity contribution in [3.63, 3.8) is 0 Å². The maximum Gasteiger partial charge on any atom is 0.0221 e. The van der Waals surface area contributed by atoms with Gasteiger partial charge in [0.15, 0.2) is 0 Å². The summed E-state index contributed by atoms with van der Waals surface area (Å²) in [4.78, 5) is 2.75. The highest BCUT2D eigenvalue weighted by molar-refractivity contribution is 5.01. The van der Waals surface area contributed by atoms with Gasteiger partial charge in [0.25, 0.3) is 0 Å². The SMILES string of the molecule is NCC1CCCN1C1CCCC2CC21. The lowest BCUT2D eigenvalue weighted by atomic mass is 9.93. The van der Waals surface area contributed by atoms with Crippen LogP contribution in [0.15, 0.2) is 0 Å². The predicted molar refractivity (Wildman–Crippen MR) is 58.0 cm³/mol. The third-order valence-electron chi connectivity index (χ3n) is 4.67. The topological polar surface area (TPSA) is 29.3 Å². The maximum absolute atomic E-state index is 5.85. The molecule has 1 aliphatic heterocycles. The minimum Gasteiger partial charge on any atom is -0.329 e. The van der Waals surface area contributed by atoms with Crippen molar-refractivity contribution in [3.05, 3.63) is 0 Å². The largest absolute Gasteiger partial charge is 0.329 e. The average Bonchev–Trinajstić information content (AvgIpc) is 2.86. The smallest absolute Gasteiger partial charge is 0.0221 e. The van der Waals surface area contributed by atoms with E-state index in [1.165, 1.54) is 45.1 Å². The van der Waals surface area contributed by atoms with E-state index in [4.69, 9.17) is 5.73 Å². The lowest BCUT2D eigenvalue weighted by Gasteiger charge is -2.35. The van der Waals surface area contributed by atoms with E-state index in [1.807, 2.05) is 0 Å². The Kier molecular flexibility index (Phi) is 2.29. The highest BCUT2D eigenvalue weighted by atomic mass is 15.2. The Hall–Kier alpha value is -0.0800. The summed E-state index contributed by atoms with van der Waals surface area (Å²) < 4.78 is 0. The molecule has 0 aromatic rings. The number of likely N-dealkylation sites (tertiary alicyclic amines) is 1. The van der Waals surface area contributed by atoms with Gasteiger partial charge < -0.3 is 5.73 Å². The Bertz CT molecular complexity index is 216. The molecular formula is C12H22N2. The van der Waals surface area contributed by atoms with Crippen molar-refractivity contribution >= 4 is 0 Å². The van der Waals surface area contributed by atoms with Crippen molar-refractivity contribution in [1.82, 2.24) is 4.90 Å². The first-order valence-electron chi connectivity index (χ1n) is 6.36. The molecule has 4 atom stereocenters. The quantitative estimate of drug-likeness (QED) is 0.723. The summed E-state index contributed by atoms with van der Waals surface area (Å²) in [6.45, 7) is 2.21. The molecule has 1 saturated heterocycles. The minimum absolute atomic E-state index is 0.722. The number of nitrogens with two attached hydrogens (primary N) is 1. The van der Waals surface area contributed by atoms with Gasteiger partial charge in [0.2, 0.25) is 0 Å². The second-order valence-corrected chi connectivity index (χ2v) is 5.43. The molecule has 2 aliphatic carbocycles. The molecule has 0 spiro atoms. The molecule has 1 heterocycles. The Balaban J connectivity index is 1.68. The van der Waals surface area contributed by atoms with Gasteiger partial charge in [-0.15, -0.1) is 0 Å². The summed E-state index contributed by atoms with van der Waals surface area (Å²) in [7, 11) is 0. The molecule has 0 amide bonds. The van der Waals surface area contributed by atoms with E-state index < -0.39 is 0 Å². The van der Waals surface area contributed by atoms with Crippen molar-refractivity contribution in [2.24, 2.45) is 17.6 Å². The minimum atomic E-state index is 0.722. The number of hydrogen-bond acceptors (Lipinski definition) is 2. The molecule has 2 saturated carbocycles. The molecule has 4 unspecified atom stereocenters. The molecule has 3 aliphatic rings. The Morgan fingerprint density at radius 1 is 1.14 bits per heavy atom. The predicted octanol–water partition coefficient (Wildman–Crippen LogP) is 1.60. The van der Waals surface area contributed by atoms with Gasteiger partial charge in [-0.1, -0.05) is 12.8 Å². The van der Waals surface area contributed by atoms with Crippen LogP contribution in [0.1, 0.15) is 38.5 Å². The van der Waals surface area contributed by atoms with E-state index in [9.17, 15) is 0 Å². The fourth-order valence-corrected chi connectivity index (χ4v) is 3.84. The third-order valence-corrected chi connectivity index (χ3v) is 4.67. The number of rotatable bonds is 2. The molecule has 3 fully saturated rings. The zero-order chi connectivity index (χ0) is 9.54. The van der Waals surface area contributed by atoms with Gasteiger partial charge in [-0.2, -0.15) is 0 Å². The van der Waals surface area contributed by atoms with E-state index in [-0.39, 0.29) is 0 Å². The summed E-state index contributed by atoms with van der Waals surface area (Å²) in [5.74, 6) is 2.17. The Morgan fingerprint density at radius 3 is 2.93 bits per heavy atom. The lowest BCUT2D eigenvalue weighted by Crippen LogP contribution is -2.45. The van der Waals surface area contributed by atoms with Crippen LogP contribution in [0, 0.1) is 11.8 Å². The van der Waals surface area contributed by atoms with Crippen LogP contribution in [-0.4, -0.2) is 30.1 Å². The molecule has 2 nitrogen and oxygen atoms in total. The van der Waals surface area contributed by atoms with Crippen LogP contribution in [0.4, 0.5) is 0 Å². The number of fused-ring (bicyclic) bond motifs is 1. The zero-order valence-corrected chi connectivity index (χ0v) is 8.99. The molecule has 0 aromatic carbocycles. The van der Waals surface area contributed by atoms with E-state index in [0.29, 0.717) is 0 Å². The van der Waals surface area contributed by atoms with Gasteiger partial charge in [-0.25, -0.2) is 0 Å². The van der Waals surface area contributed by atoms with Gasteiger partial charge in [0.05, 0.1) is 0 Å². The van der Waals surface area contributed by atoms with Crippen LogP contribution in [0.25, 0.3) is 0 Å². The molecule has 3 rings (SSSR count). The van der Waals surface area contributed by atoms with Crippen LogP contribution < -0.4 is 5.73 Å². The number of hydrogen-bond donors (Lipinski definition) is 1. The lowest BCUT2D eigenvalue weighted by molar-refractivity contribution is 0.134. The van der Waals surface area contributed by atoms with Crippen molar-refractivity contribution in [3.8, 4) is 0 Å². The van der Waals surface area contributed by atoms with Crippen molar-refractivity contribution in [2.45, 2.75) is 50.6 Å². The molecule has 0 bridgehead atoms. The summed E-state index contributed by atoms with van der Waals surface area (Å²) in [6.07, 6.45) is 8.71. The first kappa shape index (κ1) is 9.17. The van der Waals surface area contributed by atoms with Gasteiger partial charge in [-0.05, 0) is 44.1 Å². The maximum atomic E-state index is 5.85. The highest BCUT2D eigenvalue weighted by Gasteiger charge is 2.48. The third kappa shape index (κ3) is 1.40. The van der Waals surface area contributed by atoms with Gasteiger partial charge in [0, 0.05) is 18.6 Å². The first-order valence-corrected chi connectivity index (χ1v) is 6.36. The highest BCUT2D eigenvalue weighted by Crippen LogP contribution is 2.52. The monoisotopic (exact) mass is 194 g/mol. The van der Waals surface area contributed by atoms with Gasteiger partial charge in [0.1, 0.15) is 0 Å². The summed E-state index contributed by atoms with van der Waals surface area (Å²) in [5, 5.41) is 0. The molecule has 80 valence electrons. The number of nitrogens with zero attached hydrogens (tertiary/aromatic N) is 1. The molecule has 0 radical (unpaired) electrons. The zero-order valence-electron chi connectivity index (χ0n) is 8.99. The second-order valence-electron chi connectivity index (χ2n) is 5.43. The van der Waals surface area contributed by atoms with E-state index in [0.717, 1.165) is 30.5 Å². The van der Waals surface area contributed by atoms with Crippen LogP contribution >= 0.6 is 0 Å². The summed E-state index contributed by atoms with van der Waals surface area (Å²) >= 11 is 0. The molecule has 0 aromatic heterocycles. The standard InChI is InChI=1S/C12H22N2/c13-8-10-4-2-6-14(10)12-5-1-3-9-7-11(9)12/h9-12H,1-8,13H2. The van der Waals surface area contributed by atoms with Crippen LogP contribution in [0.5, 0.6) is 0 Å².